The second-order valence-corrected chi connectivity index (χ2v) is 6.34. The van der Waals surface area contributed by atoms with Crippen LogP contribution in [0.15, 0.2) is 4.52 Å². The van der Waals surface area contributed by atoms with Crippen LogP contribution in [0.5, 0.6) is 0 Å². The summed E-state index contributed by atoms with van der Waals surface area (Å²) < 4.78 is 5.63. The summed E-state index contributed by atoms with van der Waals surface area (Å²) in [6.45, 7) is 0.638. The molecule has 4 heteroatoms. The molecule has 1 aromatic heterocycles. The van der Waals surface area contributed by atoms with Gasteiger partial charge in [0.2, 0.25) is 5.89 Å². The van der Waals surface area contributed by atoms with Crippen LogP contribution in [0, 0.1) is 0 Å². The van der Waals surface area contributed by atoms with E-state index in [9.17, 15) is 0 Å². The van der Waals surface area contributed by atoms with Crippen molar-refractivity contribution in [2.75, 3.05) is 6.54 Å². The number of rotatable bonds is 3. The van der Waals surface area contributed by atoms with Crippen molar-refractivity contribution >= 4 is 0 Å². The van der Waals surface area contributed by atoms with Crippen molar-refractivity contribution in [3.8, 4) is 0 Å². The zero-order valence-electron chi connectivity index (χ0n) is 11.7. The molecule has 0 bridgehead atoms. The first kappa shape index (κ1) is 13.1. The second-order valence-electron chi connectivity index (χ2n) is 6.34. The summed E-state index contributed by atoms with van der Waals surface area (Å²) in [5.41, 5.74) is 6.03. The van der Waals surface area contributed by atoms with Crippen LogP contribution < -0.4 is 5.73 Å². The topological polar surface area (TPSA) is 64.9 Å². The predicted octanol–water partition coefficient (Wildman–Crippen LogP) is 3.28. The summed E-state index contributed by atoms with van der Waals surface area (Å²) in [6.07, 6.45) is 12.3. The van der Waals surface area contributed by atoms with Gasteiger partial charge in [-0.3, -0.25) is 0 Å². The first-order valence-corrected chi connectivity index (χ1v) is 7.88. The van der Waals surface area contributed by atoms with Crippen LogP contribution in [0.2, 0.25) is 0 Å². The lowest BCUT2D eigenvalue weighted by Crippen LogP contribution is -2.35. The summed E-state index contributed by atoms with van der Waals surface area (Å²) in [5.74, 6) is 2.28. The van der Waals surface area contributed by atoms with Crippen LogP contribution in [0.4, 0.5) is 0 Å². The van der Waals surface area contributed by atoms with Crippen LogP contribution in [0.25, 0.3) is 0 Å². The largest absolute Gasteiger partial charge is 0.339 e. The number of nitrogens with zero attached hydrogens (tertiary/aromatic N) is 2. The third-order valence-corrected chi connectivity index (χ3v) is 5.07. The first-order valence-electron chi connectivity index (χ1n) is 7.88. The van der Waals surface area contributed by atoms with Crippen LogP contribution in [0.1, 0.15) is 81.8 Å². The Hall–Kier alpha value is -0.900. The van der Waals surface area contributed by atoms with Gasteiger partial charge in [-0.25, -0.2) is 0 Å². The molecular formula is C15H25N3O. The molecule has 0 unspecified atom stereocenters. The molecule has 0 saturated heterocycles. The van der Waals surface area contributed by atoms with Crippen molar-refractivity contribution in [1.29, 1.82) is 0 Å². The van der Waals surface area contributed by atoms with E-state index in [4.69, 9.17) is 15.2 Å². The lowest BCUT2D eigenvalue weighted by molar-refractivity contribution is 0.255. The third kappa shape index (κ3) is 2.55. The molecule has 1 aromatic rings. The second kappa shape index (κ2) is 5.61. The molecule has 1 heterocycles. The normalized spacial score (nSPS) is 24.5. The molecule has 3 rings (SSSR count). The van der Waals surface area contributed by atoms with Gasteiger partial charge < -0.3 is 10.3 Å². The molecule has 106 valence electrons. The molecule has 0 aliphatic heterocycles. The highest BCUT2D eigenvalue weighted by Gasteiger charge is 2.37. The Morgan fingerprint density at radius 2 is 1.74 bits per heavy atom. The molecule has 0 spiro atoms. The van der Waals surface area contributed by atoms with E-state index in [2.05, 4.69) is 5.16 Å². The van der Waals surface area contributed by atoms with Crippen LogP contribution in [0.3, 0.4) is 0 Å². The van der Waals surface area contributed by atoms with Crippen molar-refractivity contribution in [2.45, 2.75) is 75.5 Å². The molecule has 4 nitrogen and oxygen atoms in total. The van der Waals surface area contributed by atoms with Crippen molar-refractivity contribution in [3.63, 3.8) is 0 Å². The predicted molar refractivity (Wildman–Crippen MR) is 73.9 cm³/mol. The zero-order valence-corrected chi connectivity index (χ0v) is 11.7. The maximum Gasteiger partial charge on any atom is 0.234 e. The van der Waals surface area contributed by atoms with Gasteiger partial charge in [-0.1, -0.05) is 43.7 Å². The molecule has 2 saturated carbocycles. The standard InChI is InChI=1S/C15H25N3O/c16-11-15(9-5-1-2-6-10-15)14-17-13(18-19-14)12-7-3-4-8-12/h12H,1-11,16H2. The molecule has 2 N–H and O–H groups in total. The highest BCUT2D eigenvalue weighted by atomic mass is 16.5. The minimum atomic E-state index is -0.0413. The molecule has 19 heavy (non-hydrogen) atoms. The fourth-order valence-corrected chi connectivity index (χ4v) is 3.71. The zero-order chi connectivity index (χ0) is 13.1. The van der Waals surface area contributed by atoms with E-state index in [-0.39, 0.29) is 5.41 Å². The average molecular weight is 263 g/mol. The Kier molecular flexibility index (Phi) is 3.87. The minimum Gasteiger partial charge on any atom is -0.339 e. The highest BCUT2D eigenvalue weighted by Crippen LogP contribution is 2.38. The molecule has 2 fully saturated rings. The SMILES string of the molecule is NCC1(c2nc(C3CCCC3)no2)CCCCCC1. The van der Waals surface area contributed by atoms with E-state index < -0.39 is 0 Å². The molecule has 0 radical (unpaired) electrons. The van der Waals surface area contributed by atoms with E-state index in [1.54, 1.807) is 0 Å². The van der Waals surface area contributed by atoms with E-state index >= 15 is 0 Å². The third-order valence-electron chi connectivity index (χ3n) is 5.07. The molecule has 2 aliphatic carbocycles. The Labute approximate surface area is 115 Å². The summed E-state index contributed by atoms with van der Waals surface area (Å²) in [6, 6.07) is 0. The van der Waals surface area contributed by atoms with E-state index in [1.165, 1.54) is 51.4 Å². The number of hydrogen-bond acceptors (Lipinski definition) is 4. The van der Waals surface area contributed by atoms with Gasteiger partial charge in [0.15, 0.2) is 5.82 Å². The maximum absolute atomic E-state index is 6.07. The molecule has 0 amide bonds. The van der Waals surface area contributed by atoms with Gasteiger partial charge >= 0.3 is 0 Å². The first-order chi connectivity index (χ1) is 9.34. The Morgan fingerprint density at radius 3 is 2.37 bits per heavy atom. The number of aromatic nitrogens is 2. The summed E-state index contributed by atoms with van der Waals surface area (Å²) >= 11 is 0. The lowest BCUT2D eigenvalue weighted by atomic mass is 9.80. The van der Waals surface area contributed by atoms with Gasteiger partial charge in [0.1, 0.15) is 0 Å². The van der Waals surface area contributed by atoms with Crippen LogP contribution in [-0.4, -0.2) is 16.7 Å². The van der Waals surface area contributed by atoms with Gasteiger partial charge in [0.25, 0.3) is 0 Å². The maximum atomic E-state index is 6.07. The van der Waals surface area contributed by atoms with E-state index in [0.717, 1.165) is 24.6 Å². The minimum absolute atomic E-state index is 0.0413. The van der Waals surface area contributed by atoms with Crippen LogP contribution >= 0.6 is 0 Å². The van der Waals surface area contributed by atoms with Crippen molar-refractivity contribution in [2.24, 2.45) is 5.73 Å². The van der Waals surface area contributed by atoms with Crippen molar-refractivity contribution < 1.29 is 4.52 Å². The quantitative estimate of drug-likeness (QED) is 0.850. The lowest BCUT2D eigenvalue weighted by Gasteiger charge is -2.26. The molecule has 0 atom stereocenters. The van der Waals surface area contributed by atoms with E-state index in [0.29, 0.717) is 12.5 Å². The van der Waals surface area contributed by atoms with Crippen LogP contribution in [-0.2, 0) is 5.41 Å². The Morgan fingerprint density at radius 1 is 1.05 bits per heavy atom. The highest BCUT2D eigenvalue weighted by molar-refractivity contribution is 5.09. The van der Waals surface area contributed by atoms with Gasteiger partial charge in [-0.15, -0.1) is 0 Å². The van der Waals surface area contributed by atoms with Crippen molar-refractivity contribution in [3.05, 3.63) is 11.7 Å². The van der Waals surface area contributed by atoms with Crippen molar-refractivity contribution in [1.82, 2.24) is 10.1 Å². The average Bonchev–Trinajstić information content (AvgIpc) is 3.06. The van der Waals surface area contributed by atoms with Gasteiger partial charge in [0.05, 0.1) is 5.41 Å². The monoisotopic (exact) mass is 263 g/mol. The summed E-state index contributed by atoms with van der Waals surface area (Å²) in [4.78, 5) is 4.74. The fourth-order valence-electron chi connectivity index (χ4n) is 3.71. The van der Waals surface area contributed by atoms with E-state index in [1.807, 2.05) is 0 Å². The molecule has 2 aliphatic rings. The van der Waals surface area contributed by atoms with Gasteiger partial charge in [0, 0.05) is 12.5 Å². The molecular weight excluding hydrogens is 238 g/mol. The molecule has 0 aromatic carbocycles. The number of nitrogens with two attached hydrogens (primary N) is 1. The Balaban J connectivity index is 1.82. The summed E-state index contributed by atoms with van der Waals surface area (Å²) in [5, 5.41) is 4.26. The summed E-state index contributed by atoms with van der Waals surface area (Å²) in [7, 11) is 0. The van der Waals surface area contributed by atoms with Gasteiger partial charge in [-0.05, 0) is 25.7 Å². The fraction of sp³-hybridized carbons (Fsp3) is 0.867. The Bertz CT molecular complexity index is 401. The van der Waals surface area contributed by atoms with Gasteiger partial charge in [-0.2, -0.15) is 4.98 Å². The number of hydrogen-bond donors (Lipinski definition) is 1. The smallest absolute Gasteiger partial charge is 0.234 e.